The van der Waals surface area contributed by atoms with Gasteiger partial charge in [-0.25, -0.2) is 0 Å². The molecule has 0 saturated carbocycles. The molecule has 0 aromatic heterocycles. The number of hydrogen-bond donors (Lipinski definition) is 2. The molecule has 54 valence electrons. The van der Waals surface area contributed by atoms with Crippen molar-refractivity contribution < 1.29 is 9.84 Å². The van der Waals surface area contributed by atoms with E-state index in [0.29, 0.717) is 13.3 Å². The quantitative estimate of drug-likeness (QED) is 0.315. The van der Waals surface area contributed by atoms with E-state index in [1.165, 1.54) is 0 Å². The van der Waals surface area contributed by atoms with E-state index in [1.54, 1.807) is 13.0 Å². The third kappa shape index (κ3) is 7.62. The van der Waals surface area contributed by atoms with Gasteiger partial charge in [-0.2, -0.15) is 0 Å². The van der Waals surface area contributed by atoms with Gasteiger partial charge in [-0.05, 0) is 6.92 Å². The normalized spacial score (nSPS) is 13.1. The highest BCUT2D eigenvalue weighted by molar-refractivity contribution is 4.63. The van der Waals surface area contributed by atoms with Gasteiger partial charge in [-0.3, -0.25) is 5.32 Å². The van der Waals surface area contributed by atoms with Crippen molar-refractivity contribution in [1.82, 2.24) is 5.32 Å². The zero-order chi connectivity index (χ0) is 7.11. The highest BCUT2D eigenvalue weighted by atomic mass is 16.5. The largest absolute Gasteiger partial charge is 0.379 e. The molecule has 0 fully saturated rings. The van der Waals surface area contributed by atoms with Gasteiger partial charge in [0.1, 0.15) is 6.23 Å². The van der Waals surface area contributed by atoms with Crippen LogP contribution < -0.4 is 5.32 Å². The zero-order valence-corrected chi connectivity index (χ0v) is 5.63. The van der Waals surface area contributed by atoms with Gasteiger partial charge < -0.3 is 9.84 Å². The first kappa shape index (κ1) is 8.62. The molecule has 0 rings (SSSR count). The van der Waals surface area contributed by atoms with Gasteiger partial charge in [0.25, 0.3) is 0 Å². The van der Waals surface area contributed by atoms with Crippen molar-refractivity contribution >= 4 is 0 Å². The molecule has 2 N–H and O–H groups in total. The second kappa shape index (κ2) is 5.75. The summed E-state index contributed by atoms with van der Waals surface area (Å²) in [6.45, 7) is 5.98. The monoisotopic (exact) mass is 131 g/mol. The number of nitrogens with one attached hydrogen (secondary N) is 1. The van der Waals surface area contributed by atoms with Gasteiger partial charge in [-0.15, -0.1) is 6.58 Å². The van der Waals surface area contributed by atoms with E-state index < -0.39 is 6.23 Å². The highest BCUT2D eigenvalue weighted by Gasteiger charge is 1.89. The number of hydrogen-bond acceptors (Lipinski definition) is 3. The summed E-state index contributed by atoms with van der Waals surface area (Å²) in [4.78, 5) is 0. The Bertz CT molecular complexity index is 73.5. The minimum atomic E-state index is -0.505. The van der Waals surface area contributed by atoms with Crippen molar-refractivity contribution in [1.29, 1.82) is 0 Å². The highest BCUT2D eigenvalue weighted by Crippen LogP contribution is 1.73. The van der Waals surface area contributed by atoms with E-state index in [9.17, 15) is 0 Å². The van der Waals surface area contributed by atoms with Crippen LogP contribution in [0.2, 0.25) is 0 Å². The van der Waals surface area contributed by atoms with E-state index in [2.05, 4.69) is 11.9 Å². The first-order valence-corrected chi connectivity index (χ1v) is 2.87. The summed E-state index contributed by atoms with van der Waals surface area (Å²) < 4.78 is 4.90. The van der Waals surface area contributed by atoms with Crippen LogP contribution in [0, 0.1) is 0 Å². The van der Waals surface area contributed by atoms with Gasteiger partial charge >= 0.3 is 0 Å². The molecule has 0 aliphatic heterocycles. The van der Waals surface area contributed by atoms with Gasteiger partial charge in [0, 0.05) is 0 Å². The van der Waals surface area contributed by atoms with Gasteiger partial charge in [-0.1, -0.05) is 6.08 Å². The number of aliphatic hydroxyl groups is 1. The maximum absolute atomic E-state index is 8.63. The SMILES string of the molecule is C=CCOCNC(C)O. The Morgan fingerprint density at radius 3 is 3.00 bits per heavy atom. The maximum atomic E-state index is 8.63. The van der Waals surface area contributed by atoms with Crippen LogP contribution in [0.15, 0.2) is 12.7 Å². The van der Waals surface area contributed by atoms with E-state index >= 15 is 0 Å². The summed E-state index contributed by atoms with van der Waals surface area (Å²) in [5, 5.41) is 11.3. The second-order valence-corrected chi connectivity index (χ2v) is 1.68. The predicted molar refractivity (Wildman–Crippen MR) is 35.8 cm³/mol. The zero-order valence-electron chi connectivity index (χ0n) is 5.63. The van der Waals surface area contributed by atoms with Crippen LogP contribution in [0.5, 0.6) is 0 Å². The first-order chi connectivity index (χ1) is 4.27. The van der Waals surface area contributed by atoms with Gasteiger partial charge in [0.2, 0.25) is 0 Å². The Labute approximate surface area is 55.3 Å². The molecule has 0 spiro atoms. The van der Waals surface area contributed by atoms with Gasteiger partial charge in [0.05, 0.1) is 13.3 Å². The molecule has 1 unspecified atom stereocenters. The lowest BCUT2D eigenvalue weighted by Crippen LogP contribution is -2.27. The average Bonchev–Trinajstić information content (AvgIpc) is 1.80. The molecule has 1 atom stereocenters. The van der Waals surface area contributed by atoms with Crippen molar-refractivity contribution in [3.63, 3.8) is 0 Å². The van der Waals surface area contributed by atoms with Crippen molar-refractivity contribution in [3.8, 4) is 0 Å². The molecule has 0 aliphatic carbocycles. The summed E-state index contributed by atoms with van der Waals surface area (Å²) >= 11 is 0. The maximum Gasteiger partial charge on any atom is 0.103 e. The summed E-state index contributed by atoms with van der Waals surface area (Å²) in [6, 6.07) is 0. The van der Waals surface area contributed by atoms with Gasteiger partial charge in [0.15, 0.2) is 0 Å². The molecule has 0 aromatic rings. The van der Waals surface area contributed by atoms with Crippen LogP contribution in [0.25, 0.3) is 0 Å². The lowest BCUT2D eigenvalue weighted by Gasteiger charge is -2.05. The fourth-order valence-electron chi connectivity index (χ4n) is 0.322. The van der Waals surface area contributed by atoms with E-state index in [1.807, 2.05) is 0 Å². The number of ether oxygens (including phenoxy) is 1. The fourth-order valence-corrected chi connectivity index (χ4v) is 0.322. The third-order valence-corrected chi connectivity index (χ3v) is 0.717. The Kier molecular flexibility index (Phi) is 5.51. The summed E-state index contributed by atoms with van der Waals surface area (Å²) in [5.41, 5.74) is 0. The number of rotatable bonds is 5. The molecular weight excluding hydrogens is 118 g/mol. The van der Waals surface area contributed by atoms with Crippen LogP contribution in [-0.4, -0.2) is 24.7 Å². The van der Waals surface area contributed by atoms with Crippen molar-refractivity contribution in [2.75, 3.05) is 13.3 Å². The fraction of sp³-hybridized carbons (Fsp3) is 0.667. The minimum Gasteiger partial charge on any atom is -0.379 e. The van der Waals surface area contributed by atoms with E-state index in [-0.39, 0.29) is 0 Å². The topological polar surface area (TPSA) is 41.5 Å². The Morgan fingerprint density at radius 1 is 1.89 bits per heavy atom. The molecule has 0 amide bonds. The molecule has 0 bridgehead atoms. The molecule has 0 aliphatic rings. The van der Waals surface area contributed by atoms with Crippen molar-refractivity contribution in [2.24, 2.45) is 0 Å². The molecule has 0 aromatic carbocycles. The summed E-state index contributed by atoms with van der Waals surface area (Å²) in [6.07, 6.45) is 1.15. The molecule has 3 nitrogen and oxygen atoms in total. The molecular formula is C6H13NO2. The average molecular weight is 131 g/mol. The van der Waals surface area contributed by atoms with Crippen LogP contribution in [-0.2, 0) is 4.74 Å². The van der Waals surface area contributed by atoms with Crippen LogP contribution >= 0.6 is 0 Å². The molecule has 0 saturated heterocycles. The minimum absolute atomic E-state index is 0.365. The van der Waals surface area contributed by atoms with Crippen LogP contribution in [0.4, 0.5) is 0 Å². The van der Waals surface area contributed by atoms with Crippen LogP contribution in [0.3, 0.4) is 0 Å². The number of aliphatic hydroxyl groups excluding tert-OH is 1. The smallest absolute Gasteiger partial charge is 0.103 e. The second-order valence-electron chi connectivity index (χ2n) is 1.68. The van der Waals surface area contributed by atoms with E-state index in [4.69, 9.17) is 9.84 Å². The van der Waals surface area contributed by atoms with Crippen LogP contribution in [0.1, 0.15) is 6.92 Å². The standard InChI is InChI=1S/C6H13NO2/c1-3-4-9-5-7-6(2)8/h3,6-8H,1,4-5H2,2H3. The lowest BCUT2D eigenvalue weighted by molar-refractivity contribution is 0.0735. The summed E-state index contributed by atoms with van der Waals surface area (Å²) in [5.74, 6) is 0. The predicted octanol–water partition coefficient (Wildman–Crippen LogP) is 0.0744. The molecule has 9 heavy (non-hydrogen) atoms. The Balaban J connectivity index is 2.82. The van der Waals surface area contributed by atoms with Crippen molar-refractivity contribution in [2.45, 2.75) is 13.2 Å². The lowest BCUT2D eigenvalue weighted by atomic mass is 10.7. The first-order valence-electron chi connectivity index (χ1n) is 2.87. The molecule has 3 heteroatoms. The third-order valence-electron chi connectivity index (χ3n) is 0.717. The summed E-state index contributed by atoms with van der Waals surface area (Å²) in [7, 11) is 0. The van der Waals surface area contributed by atoms with E-state index in [0.717, 1.165) is 0 Å². The Hall–Kier alpha value is -0.380. The molecule has 0 heterocycles. The molecule has 0 radical (unpaired) electrons. The Morgan fingerprint density at radius 2 is 2.56 bits per heavy atom. The van der Waals surface area contributed by atoms with Crippen molar-refractivity contribution in [3.05, 3.63) is 12.7 Å².